The van der Waals surface area contributed by atoms with Gasteiger partial charge in [-0.1, -0.05) is 0 Å². The molecule has 0 bridgehead atoms. The monoisotopic (exact) mass is 193 g/mol. The fraction of sp³-hybridized carbons (Fsp3) is 0. The van der Waals surface area contributed by atoms with Gasteiger partial charge in [0.25, 0.3) is 0 Å². The highest BCUT2D eigenvalue weighted by Gasteiger charge is 2.07. The van der Waals surface area contributed by atoms with Crippen LogP contribution in [0.1, 0.15) is 10.4 Å². The number of benzene rings is 1. The van der Waals surface area contributed by atoms with Crippen LogP contribution in [-0.2, 0) is 0 Å². The molecule has 1 aromatic carbocycles. The van der Waals surface area contributed by atoms with Crippen molar-refractivity contribution in [3.8, 4) is 0 Å². The van der Waals surface area contributed by atoms with E-state index in [0.717, 1.165) is 10.1 Å². The summed E-state index contributed by atoms with van der Waals surface area (Å²) in [5.74, 6) is -0.943. The van der Waals surface area contributed by atoms with Gasteiger partial charge in [0, 0.05) is 15.8 Å². The number of aromatic carboxylic acids is 1. The van der Waals surface area contributed by atoms with Gasteiger partial charge in [-0.05, 0) is 23.6 Å². The van der Waals surface area contributed by atoms with Crippen LogP contribution in [0.5, 0.6) is 0 Å². The molecule has 3 N–H and O–H groups in total. The van der Waals surface area contributed by atoms with Crippen LogP contribution in [0.15, 0.2) is 23.6 Å². The number of carboxylic acid groups (broad SMARTS) is 1. The van der Waals surface area contributed by atoms with Crippen molar-refractivity contribution < 1.29 is 9.90 Å². The van der Waals surface area contributed by atoms with Gasteiger partial charge in [-0.15, -0.1) is 11.3 Å². The maximum absolute atomic E-state index is 10.7. The van der Waals surface area contributed by atoms with Crippen LogP contribution in [0, 0.1) is 0 Å². The summed E-state index contributed by atoms with van der Waals surface area (Å²) in [6.45, 7) is 0. The molecule has 0 spiro atoms. The van der Waals surface area contributed by atoms with Crippen LogP contribution in [0.2, 0.25) is 0 Å². The van der Waals surface area contributed by atoms with E-state index < -0.39 is 5.97 Å². The Bertz CT molecular complexity index is 475. The lowest BCUT2D eigenvalue weighted by Crippen LogP contribution is -1.97. The fourth-order valence-electron chi connectivity index (χ4n) is 1.22. The summed E-state index contributed by atoms with van der Waals surface area (Å²) in [5, 5.41) is 11.6. The molecule has 0 saturated heterocycles. The van der Waals surface area contributed by atoms with Gasteiger partial charge in [0.15, 0.2) is 0 Å². The van der Waals surface area contributed by atoms with Crippen LogP contribution < -0.4 is 5.73 Å². The summed E-state index contributed by atoms with van der Waals surface area (Å²) in [4.78, 5) is 10.7. The van der Waals surface area contributed by atoms with Crippen molar-refractivity contribution in [2.45, 2.75) is 0 Å². The molecular weight excluding hydrogens is 186 g/mol. The zero-order valence-corrected chi connectivity index (χ0v) is 7.47. The predicted molar refractivity (Wildman–Crippen MR) is 53.2 cm³/mol. The highest BCUT2D eigenvalue weighted by Crippen LogP contribution is 2.27. The van der Waals surface area contributed by atoms with Gasteiger partial charge in [-0.2, -0.15) is 0 Å². The molecular formula is C9H7NO2S. The molecule has 4 heteroatoms. The van der Waals surface area contributed by atoms with Crippen molar-refractivity contribution in [3.63, 3.8) is 0 Å². The molecule has 0 saturated carbocycles. The third-order valence-electron chi connectivity index (χ3n) is 1.85. The quantitative estimate of drug-likeness (QED) is 0.682. The molecule has 66 valence electrons. The van der Waals surface area contributed by atoms with E-state index in [2.05, 4.69) is 0 Å². The zero-order chi connectivity index (χ0) is 9.42. The standard InChI is InChI=1S/C9H7NO2S/c10-7-3-5(9(11)12)4-8-6(7)1-2-13-8/h1-4H,10H2,(H,11,12). The number of nitrogen functional groups attached to an aromatic ring is 1. The van der Waals surface area contributed by atoms with Crippen LogP contribution in [0.4, 0.5) is 5.69 Å². The van der Waals surface area contributed by atoms with Crippen molar-refractivity contribution in [1.82, 2.24) is 0 Å². The number of carboxylic acids is 1. The molecule has 1 heterocycles. The number of nitrogens with two attached hydrogens (primary N) is 1. The Labute approximate surface area is 78.4 Å². The minimum atomic E-state index is -0.943. The van der Waals surface area contributed by atoms with Crippen molar-refractivity contribution in [2.75, 3.05) is 5.73 Å². The van der Waals surface area contributed by atoms with Crippen molar-refractivity contribution in [1.29, 1.82) is 0 Å². The van der Waals surface area contributed by atoms with E-state index in [1.807, 2.05) is 11.4 Å². The largest absolute Gasteiger partial charge is 0.478 e. The third-order valence-corrected chi connectivity index (χ3v) is 2.71. The van der Waals surface area contributed by atoms with Crippen molar-refractivity contribution in [3.05, 3.63) is 29.1 Å². The molecule has 0 aliphatic rings. The molecule has 1 aromatic heterocycles. The number of carbonyl (C=O) groups is 1. The summed E-state index contributed by atoms with van der Waals surface area (Å²) in [7, 11) is 0. The molecule has 3 nitrogen and oxygen atoms in total. The molecule has 2 rings (SSSR count). The van der Waals surface area contributed by atoms with Gasteiger partial charge in [0.05, 0.1) is 5.56 Å². The molecule has 0 aliphatic heterocycles. The van der Waals surface area contributed by atoms with E-state index in [4.69, 9.17) is 10.8 Å². The van der Waals surface area contributed by atoms with E-state index in [0.29, 0.717) is 5.69 Å². The number of anilines is 1. The van der Waals surface area contributed by atoms with Gasteiger partial charge in [-0.3, -0.25) is 0 Å². The Balaban J connectivity index is 2.77. The predicted octanol–water partition coefficient (Wildman–Crippen LogP) is 2.18. The number of fused-ring (bicyclic) bond motifs is 1. The first-order valence-corrected chi connectivity index (χ1v) is 4.56. The number of hydrogen-bond acceptors (Lipinski definition) is 3. The second-order valence-corrected chi connectivity index (χ2v) is 3.65. The zero-order valence-electron chi connectivity index (χ0n) is 6.65. The molecule has 0 atom stereocenters. The summed E-state index contributed by atoms with van der Waals surface area (Å²) in [6.07, 6.45) is 0. The summed E-state index contributed by atoms with van der Waals surface area (Å²) in [6, 6.07) is 5.01. The summed E-state index contributed by atoms with van der Waals surface area (Å²) < 4.78 is 0.914. The first kappa shape index (κ1) is 8.07. The average Bonchev–Trinajstić information content (AvgIpc) is 2.51. The second-order valence-electron chi connectivity index (χ2n) is 2.70. The SMILES string of the molecule is Nc1cc(C(=O)O)cc2sccc12. The number of rotatable bonds is 1. The second kappa shape index (κ2) is 2.74. The van der Waals surface area contributed by atoms with Crippen LogP contribution in [0.3, 0.4) is 0 Å². The highest BCUT2D eigenvalue weighted by molar-refractivity contribution is 7.17. The van der Waals surface area contributed by atoms with E-state index >= 15 is 0 Å². The molecule has 0 radical (unpaired) electrons. The van der Waals surface area contributed by atoms with E-state index in [-0.39, 0.29) is 5.56 Å². The maximum Gasteiger partial charge on any atom is 0.335 e. The average molecular weight is 193 g/mol. The Morgan fingerprint density at radius 1 is 1.46 bits per heavy atom. The normalized spacial score (nSPS) is 10.5. The van der Waals surface area contributed by atoms with Crippen LogP contribution >= 0.6 is 11.3 Å². The Kier molecular flexibility index (Phi) is 1.70. The minimum absolute atomic E-state index is 0.243. The molecule has 2 aromatic rings. The van der Waals surface area contributed by atoms with E-state index in [1.54, 1.807) is 6.07 Å². The smallest absolute Gasteiger partial charge is 0.335 e. The lowest BCUT2D eigenvalue weighted by atomic mass is 10.1. The topological polar surface area (TPSA) is 63.3 Å². The van der Waals surface area contributed by atoms with Crippen molar-refractivity contribution >= 4 is 33.1 Å². The first-order valence-electron chi connectivity index (χ1n) is 3.68. The molecule has 13 heavy (non-hydrogen) atoms. The Hall–Kier alpha value is -1.55. The van der Waals surface area contributed by atoms with Gasteiger partial charge < -0.3 is 10.8 Å². The van der Waals surface area contributed by atoms with E-state index in [1.165, 1.54) is 17.4 Å². The lowest BCUT2D eigenvalue weighted by molar-refractivity contribution is 0.0697. The first-order chi connectivity index (χ1) is 6.18. The van der Waals surface area contributed by atoms with Crippen LogP contribution in [-0.4, -0.2) is 11.1 Å². The maximum atomic E-state index is 10.7. The molecule has 0 unspecified atom stereocenters. The Morgan fingerprint density at radius 3 is 2.92 bits per heavy atom. The Morgan fingerprint density at radius 2 is 2.23 bits per heavy atom. The molecule has 0 amide bonds. The fourth-order valence-corrected chi connectivity index (χ4v) is 2.08. The summed E-state index contributed by atoms with van der Waals surface area (Å²) >= 11 is 1.49. The van der Waals surface area contributed by atoms with Crippen molar-refractivity contribution in [2.24, 2.45) is 0 Å². The van der Waals surface area contributed by atoms with Gasteiger partial charge in [-0.25, -0.2) is 4.79 Å². The highest BCUT2D eigenvalue weighted by atomic mass is 32.1. The molecule has 0 aliphatic carbocycles. The lowest BCUT2D eigenvalue weighted by Gasteiger charge is -1.98. The van der Waals surface area contributed by atoms with Gasteiger partial charge >= 0.3 is 5.97 Å². The van der Waals surface area contributed by atoms with Gasteiger partial charge in [0.1, 0.15) is 0 Å². The van der Waals surface area contributed by atoms with Gasteiger partial charge in [0.2, 0.25) is 0 Å². The van der Waals surface area contributed by atoms with Crippen LogP contribution in [0.25, 0.3) is 10.1 Å². The summed E-state index contributed by atoms with van der Waals surface area (Å²) in [5.41, 5.74) is 6.45. The van der Waals surface area contributed by atoms with E-state index in [9.17, 15) is 4.79 Å². The minimum Gasteiger partial charge on any atom is -0.478 e. The third kappa shape index (κ3) is 1.25. The molecule has 0 fully saturated rings. The number of thiophene rings is 1. The number of hydrogen-bond donors (Lipinski definition) is 2.